The van der Waals surface area contributed by atoms with Crippen molar-refractivity contribution in [2.45, 2.75) is 24.3 Å². The number of halogens is 1. The molecular formula is C16H16FNO2S. The Balaban J connectivity index is 2.00. The fraction of sp³-hybridized carbons (Fsp3) is 0.250. The van der Waals surface area contributed by atoms with Gasteiger partial charge in [0.05, 0.1) is 16.7 Å². The van der Waals surface area contributed by atoms with Crippen LogP contribution in [0.5, 0.6) is 0 Å². The summed E-state index contributed by atoms with van der Waals surface area (Å²) < 4.78 is 37.8. The van der Waals surface area contributed by atoms with Crippen molar-refractivity contribution < 1.29 is 12.8 Å². The van der Waals surface area contributed by atoms with Gasteiger partial charge in [-0.3, -0.25) is 0 Å². The van der Waals surface area contributed by atoms with Crippen LogP contribution in [-0.2, 0) is 9.84 Å². The molecule has 0 spiro atoms. The van der Waals surface area contributed by atoms with Gasteiger partial charge in [0, 0.05) is 11.3 Å². The molecule has 21 heavy (non-hydrogen) atoms. The molecule has 0 aliphatic carbocycles. The van der Waals surface area contributed by atoms with E-state index >= 15 is 0 Å². The smallest absolute Gasteiger partial charge is 0.178 e. The van der Waals surface area contributed by atoms with Gasteiger partial charge in [0.25, 0.3) is 0 Å². The van der Waals surface area contributed by atoms with E-state index in [2.05, 4.69) is 5.32 Å². The van der Waals surface area contributed by atoms with Gasteiger partial charge in [-0.05, 0) is 37.1 Å². The number of anilines is 1. The second-order valence-corrected chi connectivity index (χ2v) is 7.33. The topological polar surface area (TPSA) is 46.2 Å². The van der Waals surface area contributed by atoms with Crippen molar-refractivity contribution in [2.24, 2.45) is 0 Å². The van der Waals surface area contributed by atoms with Gasteiger partial charge in [-0.15, -0.1) is 0 Å². The zero-order valence-corrected chi connectivity index (χ0v) is 12.5. The summed E-state index contributed by atoms with van der Waals surface area (Å²) in [6, 6.07) is 11.8. The molecule has 2 aromatic rings. The van der Waals surface area contributed by atoms with Crippen LogP contribution in [0.2, 0.25) is 0 Å². The fourth-order valence-corrected chi connectivity index (χ4v) is 4.31. The summed E-state index contributed by atoms with van der Waals surface area (Å²) in [7, 11) is -3.20. The molecule has 1 N–H and O–H groups in total. The normalized spacial score (nSPS) is 19.8. The highest BCUT2D eigenvalue weighted by Gasteiger charge is 2.30. The number of fused-ring (bicyclic) bond motifs is 1. The van der Waals surface area contributed by atoms with Gasteiger partial charge in [0.15, 0.2) is 9.84 Å². The van der Waals surface area contributed by atoms with Gasteiger partial charge in [-0.1, -0.05) is 24.3 Å². The van der Waals surface area contributed by atoms with Crippen molar-refractivity contribution in [1.82, 2.24) is 0 Å². The predicted octanol–water partition coefficient (Wildman–Crippen LogP) is 3.46. The molecule has 1 heterocycles. The number of rotatable bonds is 2. The van der Waals surface area contributed by atoms with Crippen LogP contribution in [0.15, 0.2) is 47.4 Å². The van der Waals surface area contributed by atoms with E-state index in [9.17, 15) is 12.8 Å². The molecule has 0 bridgehead atoms. The molecule has 0 aromatic heterocycles. The molecule has 1 atom stereocenters. The van der Waals surface area contributed by atoms with Crippen LogP contribution in [0.25, 0.3) is 0 Å². The van der Waals surface area contributed by atoms with Crippen molar-refractivity contribution in [2.75, 3.05) is 11.1 Å². The monoisotopic (exact) mass is 305 g/mol. The minimum Gasteiger partial charge on any atom is -0.378 e. The maximum absolute atomic E-state index is 13.6. The maximum Gasteiger partial charge on any atom is 0.178 e. The lowest BCUT2D eigenvalue weighted by molar-refractivity contribution is 0.575. The SMILES string of the molecule is Cc1c(F)cccc1NC1CCS(=O)(=O)c2ccccc21. The Bertz CT molecular complexity index is 787. The van der Waals surface area contributed by atoms with E-state index in [1.807, 2.05) is 18.2 Å². The van der Waals surface area contributed by atoms with Crippen LogP contribution in [0.3, 0.4) is 0 Å². The zero-order valence-electron chi connectivity index (χ0n) is 11.6. The second kappa shape index (κ2) is 5.15. The Hall–Kier alpha value is -1.88. The highest BCUT2D eigenvalue weighted by Crippen LogP contribution is 2.35. The van der Waals surface area contributed by atoms with Crippen molar-refractivity contribution in [3.05, 3.63) is 59.4 Å². The van der Waals surface area contributed by atoms with Crippen molar-refractivity contribution in [3.8, 4) is 0 Å². The Labute approximate surface area is 123 Å². The lowest BCUT2D eigenvalue weighted by Gasteiger charge is -2.27. The first-order valence-electron chi connectivity index (χ1n) is 6.82. The molecule has 1 aliphatic heterocycles. The largest absolute Gasteiger partial charge is 0.378 e. The third-order valence-corrected chi connectivity index (χ3v) is 5.72. The minimum absolute atomic E-state index is 0.107. The van der Waals surface area contributed by atoms with Gasteiger partial charge < -0.3 is 5.32 Å². The molecule has 110 valence electrons. The predicted molar refractivity (Wildman–Crippen MR) is 80.6 cm³/mol. The fourth-order valence-electron chi connectivity index (χ4n) is 2.69. The first-order chi connectivity index (χ1) is 9.99. The summed E-state index contributed by atoms with van der Waals surface area (Å²) in [5.74, 6) is -0.160. The van der Waals surface area contributed by atoms with Crippen LogP contribution in [0, 0.1) is 12.7 Å². The number of nitrogens with one attached hydrogen (secondary N) is 1. The standard InChI is InChI=1S/C16H16FNO2S/c1-11-13(17)6-4-7-14(11)18-15-9-10-21(19,20)16-8-3-2-5-12(15)16/h2-8,15,18H,9-10H2,1H3. The van der Waals surface area contributed by atoms with E-state index in [0.717, 1.165) is 5.56 Å². The van der Waals surface area contributed by atoms with E-state index in [1.54, 1.807) is 25.1 Å². The highest BCUT2D eigenvalue weighted by atomic mass is 32.2. The van der Waals surface area contributed by atoms with Gasteiger partial charge in [0.1, 0.15) is 5.82 Å². The number of benzene rings is 2. The quantitative estimate of drug-likeness (QED) is 0.924. The molecule has 2 aromatic carbocycles. The van der Waals surface area contributed by atoms with E-state index in [0.29, 0.717) is 22.6 Å². The number of hydrogen-bond donors (Lipinski definition) is 1. The highest BCUT2D eigenvalue weighted by molar-refractivity contribution is 7.91. The zero-order chi connectivity index (χ0) is 15.0. The minimum atomic E-state index is -3.20. The third-order valence-electron chi connectivity index (χ3n) is 3.90. The van der Waals surface area contributed by atoms with Crippen LogP contribution < -0.4 is 5.32 Å². The summed E-state index contributed by atoms with van der Waals surface area (Å²) in [5.41, 5.74) is 2.00. The first-order valence-corrected chi connectivity index (χ1v) is 8.47. The molecule has 3 nitrogen and oxygen atoms in total. The molecule has 3 rings (SSSR count). The summed E-state index contributed by atoms with van der Waals surface area (Å²) in [6.07, 6.45) is 0.481. The molecule has 5 heteroatoms. The first kappa shape index (κ1) is 14.1. The molecule has 0 saturated heterocycles. The van der Waals surface area contributed by atoms with E-state index in [-0.39, 0.29) is 17.6 Å². The lowest BCUT2D eigenvalue weighted by atomic mass is 10.0. The van der Waals surface area contributed by atoms with Crippen LogP contribution >= 0.6 is 0 Å². The van der Waals surface area contributed by atoms with Crippen LogP contribution in [0.1, 0.15) is 23.6 Å². The van der Waals surface area contributed by atoms with Crippen molar-refractivity contribution in [1.29, 1.82) is 0 Å². The molecule has 1 aliphatic rings. The molecule has 0 amide bonds. The molecular weight excluding hydrogens is 289 g/mol. The Morgan fingerprint density at radius 1 is 1.14 bits per heavy atom. The number of sulfone groups is 1. The average molecular weight is 305 g/mol. The molecule has 0 fully saturated rings. The van der Waals surface area contributed by atoms with Crippen molar-refractivity contribution in [3.63, 3.8) is 0 Å². The Morgan fingerprint density at radius 2 is 1.90 bits per heavy atom. The summed E-state index contributed by atoms with van der Waals surface area (Å²) >= 11 is 0. The van der Waals surface area contributed by atoms with Crippen LogP contribution in [-0.4, -0.2) is 14.2 Å². The third kappa shape index (κ3) is 2.53. The Morgan fingerprint density at radius 3 is 2.71 bits per heavy atom. The van der Waals surface area contributed by atoms with Crippen LogP contribution in [0.4, 0.5) is 10.1 Å². The van der Waals surface area contributed by atoms with E-state index < -0.39 is 9.84 Å². The lowest BCUT2D eigenvalue weighted by Crippen LogP contribution is -2.24. The van der Waals surface area contributed by atoms with E-state index in [4.69, 9.17) is 0 Å². The molecule has 1 unspecified atom stereocenters. The average Bonchev–Trinajstić information content (AvgIpc) is 2.47. The van der Waals surface area contributed by atoms with Gasteiger partial charge in [0.2, 0.25) is 0 Å². The van der Waals surface area contributed by atoms with E-state index in [1.165, 1.54) is 6.07 Å². The second-order valence-electron chi connectivity index (χ2n) is 5.25. The van der Waals surface area contributed by atoms with Crippen molar-refractivity contribution >= 4 is 15.5 Å². The summed E-state index contributed by atoms with van der Waals surface area (Å²) in [4.78, 5) is 0.378. The summed E-state index contributed by atoms with van der Waals surface area (Å²) in [6.45, 7) is 1.71. The summed E-state index contributed by atoms with van der Waals surface area (Å²) in [5, 5.41) is 3.28. The maximum atomic E-state index is 13.6. The van der Waals surface area contributed by atoms with Gasteiger partial charge >= 0.3 is 0 Å². The van der Waals surface area contributed by atoms with Gasteiger partial charge in [-0.25, -0.2) is 12.8 Å². The molecule has 0 radical (unpaired) electrons. The molecule has 0 saturated carbocycles. The number of hydrogen-bond acceptors (Lipinski definition) is 3. The van der Waals surface area contributed by atoms with Gasteiger partial charge in [-0.2, -0.15) is 0 Å². The Kier molecular flexibility index (Phi) is 3.45.